The molecule has 0 bridgehead atoms. The summed E-state index contributed by atoms with van der Waals surface area (Å²) in [5.74, 6) is 0.838. The van der Waals surface area contributed by atoms with Gasteiger partial charge in [0.05, 0.1) is 23.2 Å². The predicted molar refractivity (Wildman–Crippen MR) is 121 cm³/mol. The van der Waals surface area contributed by atoms with E-state index in [1.165, 1.54) is 4.90 Å². The minimum atomic E-state index is -0.901. The Morgan fingerprint density at radius 1 is 1.16 bits per heavy atom. The standard InChI is InChI=1S/C24H24N4O4/c1-2-32-20-9-4-3-6-16(20)17-7-5-8-18-22(17)23-25-21(29)14-19(28(23)26-18)15-10-12-27(13-11-15)24(30)31/h3-9,14-15H,2,10-13H2,1H3,(H,25,29)(H,30,31). The molecule has 0 radical (unpaired) electrons. The molecule has 32 heavy (non-hydrogen) atoms. The van der Waals surface area contributed by atoms with Gasteiger partial charge in [-0.1, -0.05) is 30.3 Å². The van der Waals surface area contributed by atoms with Crippen LogP contribution >= 0.6 is 0 Å². The monoisotopic (exact) mass is 432 g/mol. The van der Waals surface area contributed by atoms with E-state index in [-0.39, 0.29) is 11.5 Å². The number of ether oxygens (including phenoxy) is 1. The maximum Gasteiger partial charge on any atom is 0.407 e. The number of para-hydroxylation sites is 1. The van der Waals surface area contributed by atoms with E-state index in [4.69, 9.17) is 9.84 Å². The number of hydrogen-bond donors (Lipinski definition) is 2. The van der Waals surface area contributed by atoms with Crippen molar-refractivity contribution in [2.75, 3.05) is 19.7 Å². The third-order valence-electron chi connectivity index (χ3n) is 6.12. The molecule has 164 valence electrons. The fourth-order valence-corrected chi connectivity index (χ4v) is 4.64. The van der Waals surface area contributed by atoms with E-state index in [0.29, 0.717) is 38.2 Å². The van der Waals surface area contributed by atoms with Crippen molar-refractivity contribution in [2.45, 2.75) is 25.7 Å². The number of nitrogens with one attached hydrogen (secondary N) is 1. The zero-order valence-corrected chi connectivity index (χ0v) is 17.7. The second kappa shape index (κ2) is 8.03. The number of amides is 1. The minimum Gasteiger partial charge on any atom is -0.493 e. The van der Waals surface area contributed by atoms with Crippen LogP contribution in [0.15, 0.2) is 53.3 Å². The Hall–Kier alpha value is -3.81. The lowest BCUT2D eigenvalue weighted by atomic mass is 9.93. The number of rotatable bonds is 4. The minimum absolute atomic E-state index is 0.0591. The van der Waals surface area contributed by atoms with Crippen LogP contribution < -0.4 is 10.3 Å². The molecule has 0 saturated carbocycles. The van der Waals surface area contributed by atoms with Crippen LogP contribution in [0.2, 0.25) is 0 Å². The van der Waals surface area contributed by atoms with E-state index < -0.39 is 6.09 Å². The summed E-state index contributed by atoms with van der Waals surface area (Å²) >= 11 is 0. The topological polar surface area (TPSA) is 99.9 Å². The number of piperidine rings is 1. The third-order valence-corrected chi connectivity index (χ3v) is 6.12. The van der Waals surface area contributed by atoms with Crippen molar-refractivity contribution in [1.29, 1.82) is 0 Å². The molecule has 5 rings (SSSR count). The highest BCUT2D eigenvalue weighted by Gasteiger charge is 2.26. The van der Waals surface area contributed by atoms with Crippen LogP contribution in [-0.4, -0.2) is 50.4 Å². The summed E-state index contributed by atoms with van der Waals surface area (Å²) < 4.78 is 7.67. The van der Waals surface area contributed by atoms with Crippen molar-refractivity contribution in [3.8, 4) is 16.9 Å². The number of aromatic nitrogens is 3. The second-order valence-corrected chi connectivity index (χ2v) is 7.99. The van der Waals surface area contributed by atoms with Gasteiger partial charge < -0.3 is 19.7 Å². The Kier molecular flexibility index (Phi) is 5.05. The Morgan fingerprint density at radius 3 is 2.66 bits per heavy atom. The normalized spacial score (nSPS) is 14.8. The number of carboxylic acid groups (broad SMARTS) is 1. The zero-order valence-electron chi connectivity index (χ0n) is 17.7. The van der Waals surface area contributed by atoms with Gasteiger partial charge in [-0.05, 0) is 37.5 Å². The summed E-state index contributed by atoms with van der Waals surface area (Å²) in [7, 11) is 0. The molecule has 1 amide bonds. The summed E-state index contributed by atoms with van der Waals surface area (Å²) in [5.41, 5.74) is 3.92. The van der Waals surface area contributed by atoms with Crippen LogP contribution in [0.3, 0.4) is 0 Å². The fraction of sp³-hybridized carbons (Fsp3) is 0.292. The Labute approximate surface area is 184 Å². The first kappa shape index (κ1) is 20.1. The van der Waals surface area contributed by atoms with E-state index in [0.717, 1.165) is 33.5 Å². The molecule has 1 aliphatic heterocycles. The van der Waals surface area contributed by atoms with Gasteiger partial charge in [0.2, 0.25) is 0 Å². The van der Waals surface area contributed by atoms with Crippen molar-refractivity contribution in [2.24, 2.45) is 0 Å². The Morgan fingerprint density at radius 2 is 1.91 bits per heavy atom. The smallest absolute Gasteiger partial charge is 0.407 e. The summed E-state index contributed by atoms with van der Waals surface area (Å²) in [6, 6.07) is 15.3. The number of aromatic amines is 1. The number of benzene rings is 2. The molecule has 0 atom stereocenters. The van der Waals surface area contributed by atoms with Gasteiger partial charge in [0, 0.05) is 30.6 Å². The maximum absolute atomic E-state index is 12.7. The molecule has 8 nitrogen and oxygen atoms in total. The Bertz CT molecular complexity index is 1370. The molecule has 2 aromatic carbocycles. The van der Waals surface area contributed by atoms with Gasteiger partial charge in [-0.3, -0.25) is 4.79 Å². The number of carbonyl (C=O) groups is 1. The summed E-state index contributed by atoms with van der Waals surface area (Å²) in [6.45, 7) is 3.40. The fourth-order valence-electron chi connectivity index (χ4n) is 4.64. The van der Waals surface area contributed by atoms with Gasteiger partial charge in [-0.15, -0.1) is 0 Å². The van der Waals surface area contributed by atoms with Crippen LogP contribution in [0, 0.1) is 0 Å². The van der Waals surface area contributed by atoms with Crippen LogP contribution in [0.25, 0.3) is 27.7 Å². The van der Waals surface area contributed by atoms with E-state index >= 15 is 0 Å². The van der Waals surface area contributed by atoms with Crippen molar-refractivity contribution in [3.63, 3.8) is 0 Å². The lowest BCUT2D eigenvalue weighted by Crippen LogP contribution is -2.37. The molecule has 2 aromatic heterocycles. The number of likely N-dealkylation sites (tertiary alicyclic amines) is 1. The van der Waals surface area contributed by atoms with Gasteiger partial charge in [-0.2, -0.15) is 5.10 Å². The Balaban J connectivity index is 1.68. The highest BCUT2D eigenvalue weighted by molar-refractivity contribution is 6.04. The molecule has 8 heteroatoms. The molecule has 2 N–H and O–H groups in total. The summed E-state index contributed by atoms with van der Waals surface area (Å²) in [6.07, 6.45) is 0.407. The first-order chi connectivity index (χ1) is 15.6. The van der Waals surface area contributed by atoms with Crippen LogP contribution in [0.4, 0.5) is 4.79 Å². The lowest BCUT2D eigenvalue weighted by Gasteiger charge is -2.30. The van der Waals surface area contributed by atoms with Crippen molar-refractivity contribution >= 4 is 22.6 Å². The molecule has 0 aliphatic carbocycles. The van der Waals surface area contributed by atoms with Crippen molar-refractivity contribution in [3.05, 3.63) is 64.6 Å². The number of nitrogens with zero attached hydrogens (tertiary/aromatic N) is 3. The van der Waals surface area contributed by atoms with Crippen molar-refractivity contribution in [1.82, 2.24) is 19.5 Å². The van der Waals surface area contributed by atoms with Crippen LogP contribution in [-0.2, 0) is 0 Å². The maximum atomic E-state index is 12.7. The third kappa shape index (κ3) is 3.37. The number of H-pyrrole nitrogens is 1. The molecule has 1 saturated heterocycles. The van der Waals surface area contributed by atoms with Crippen molar-refractivity contribution < 1.29 is 14.6 Å². The van der Waals surface area contributed by atoms with Gasteiger partial charge in [-0.25, -0.2) is 9.31 Å². The molecular weight excluding hydrogens is 408 g/mol. The van der Waals surface area contributed by atoms with Gasteiger partial charge in [0.15, 0.2) is 0 Å². The predicted octanol–water partition coefficient (Wildman–Crippen LogP) is 4.10. The van der Waals surface area contributed by atoms with E-state index in [1.807, 2.05) is 53.9 Å². The summed E-state index contributed by atoms with van der Waals surface area (Å²) in [4.78, 5) is 28.3. The van der Waals surface area contributed by atoms with E-state index in [1.54, 1.807) is 6.07 Å². The molecule has 1 aliphatic rings. The molecule has 1 fully saturated rings. The van der Waals surface area contributed by atoms with Gasteiger partial charge >= 0.3 is 6.09 Å². The summed E-state index contributed by atoms with van der Waals surface area (Å²) in [5, 5.41) is 14.9. The number of hydrogen-bond acceptors (Lipinski definition) is 4. The lowest BCUT2D eigenvalue weighted by molar-refractivity contribution is 0.131. The molecule has 4 aromatic rings. The average Bonchev–Trinajstić information content (AvgIpc) is 3.18. The SMILES string of the molecule is CCOc1ccccc1-c1cccc2nn3c(C4CCN(C(=O)O)CC4)cc(=O)[nH]c3c12. The molecule has 3 heterocycles. The molecular formula is C24H24N4O4. The average molecular weight is 432 g/mol. The quantitative estimate of drug-likeness (QED) is 0.506. The van der Waals surface area contributed by atoms with E-state index in [2.05, 4.69) is 4.98 Å². The van der Waals surface area contributed by atoms with Crippen LogP contribution in [0.5, 0.6) is 5.75 Å². The van der Waals surface area contributed by atoms with Gasteiger partial charge in [0.1, 0.15) is 11.4 Å². The highest BCUT2D eigenvalue weighted by Crippen LogP contribution is 2.37. The van der Waals surface area contributed by atoms with E-state index in [9.17, 15) is 14.7 Å². The molecule has 0 spiro atoms. The first-order valence-electron chi connectivity index (χ1n) is 10.8. The largest absolute Gasteiger partial charge is 0.493 e. The zero-order chi connectivity index (χ0) is 22.2. The van der Waals surface area contributed by atoms with Gasteiger partial charge in [0.25, 0.3) is 5.56 Å². The second-order valence-electron chi connectivity index (χ2n) is 7.99. The molecule has 0 unspecified atom stereocenters. The number of fused-ring (bicyclic) bond motifs is 3. The first-order valence-corrected chi connectivity index (χ1v) is 10.8. The highest BCUT2D eigenvalue weighted by atomic mass is 16.5. The van der Waals surface area contributed by atoms with Crippen LogP contribution in [0.1, 0.15) is 31.4 Å².